The number of methoxy groups -OCH3 is 1. The molecule has 8 heteroatoms. The van der Waals surface area contributed by atoms with E-state index in [1.54, 1.807) is 18.0 Å². The number of benzene rings is 1. The molecular weight excluding hydrogens is 358 g/mol. The number of hydrogen-bond acceptors (Lipinski definition) is 6. The van der Waals surface area contributed by atoms with E-state index in [-0.39, 0.29) is 18.0 Å². The quantitative estimate of drug-likeness (QED) is 0.663. The van der Waals surface area contributed by atoms with E-state index in [1.807, 2.05) is 12.1 Å². The topological polar surface area (TPSA) is 81.5 Å². The van der Waals surface area contributed by atoms with Gasteiger partial charge in [0.15, 0.2) is 5.69 Å². The first-order valence-corrected chi connectivity index (χ1v) is 9.82. The number of hydrogen-bond donors (Lipinski definition) is 1. The zero-order chi connectivity index (χ0) is 19.5. The molecule has 1 atom stereocenters. The highest BCUT2D eigenvalue weighted by molar-refractivity contribution is 5.92. The minimum Gasteiger partial charge on any atom is -0.491 e. The molecule has 0 radical (unpaired) electrons. The molecule has 1 aliphatic carbocycles. The summed E-state index contributed by atoms with van der Waals surface area (Å²) in [5.74, 6) is 0.711. The van der Waals surface area contributed by atoms with Crippen molar-refractivity contribution in [2.45, 2.75) is 37.9 Å². The Morgan fingerprint density at radius 1 is 1.32 bits per heavy atom. The number of aromatic nitrogens is 3. The molecule has 1 unspecified atom stereocenters. The van der Waals surface area contributed by atoms with E-state index in [2.05, 4.69) is 39.6 Å². The summed E-state index contributed by atoms with van der Waals surface area (Å²) in [5.41, 5.74) is 1.60. The van der Waals surface area contributed by atoms with Gasteiger partial charge in [-0.25, -0.2) is 4.68 Å². The highest BCUT2D eigenvalue weighted by atomic mass is 16.5. The van der Waals surface area contributed by atoms with Gasteiger partial charge in [0.1, 0.15) is 12.4 Å². The highest BCUT2D eigenvalue weighted by Crippen LogP contribution is 2.33. The number of nitrogens with zero attached hydrogens (tertiary/aromatic N) is 4. The summed E-state index contributed by atoms with van der Waals surface area (Å²) in [5, 5.41) is 11.1. The van der Waals surface area contributed by atoms with Gasteiger partial charge >= 0.3 is 0 Å². The zero-order valence-electron chi connectivity index (χ0n) is 16.4. The van der Waals surface area contributed by atoms with E-state index in [0.29, 0.717) is 24.9 Å². The van der Waals surface area contributed by atoms with Crippen LogP contribution in [0, 0.1) is 0 Å². The average Bonchev–Trinajstić information content (AvgIpc) is 3.41. The maximum Gasteiger partial charge on any atom is 0.273 e. The summed E-state index contributed by atoms with van der Waals surface area (Å²) in [6.45, 7) is 4.92. The lowest BCUT2D eigenvalue weighted by Crippen LogP contribution is -2.59. The Kier molecular flexibility index (Phi) is 5.59. The number of carbonyl (C=O) groups excluding carboxylic acids is 1. The third kappa shape index (κ3) is 4.34. The molecule has 1 N–H and O–H groups in total. The summed E-state index contributed by atoms with van der Waals surface area (Å²) in [6, 6.07) is 8.98. The SMILES string of the molecule is COCCOc1cccc(C(C)N2CC(NC(=O)c3cn(C4CC4)nn3)C2)c1. The fourth-order valence-corrected chi connectivity index (χ4v) is 3.40. The van der Waals surface area contributed by atoms with Gasteiger partial charge in [-0.1, -0.05) is 17.3 Å². The van der Waals surface area contributed by atoms with Crippen molar-refractivity contribution in [3.63, 3.8) is 0 Å². The van der Waals surface area contributed by atoms with Gasteiger partial charge in [0.25, 0.3) is 5.91 Å². The van der Waals surface area contributed by atoms with Crippen LogP contribution in [-0.2, 0) is 4.74 Å². The predicted octanol–water partition coefficient (Wildman–Crippen LogP) is 1.81. The van der Waals surface area contributed by atoms with E-state index in [4.69, 9.17) is 9.47 Å². The van der Waals surface area contributed by atoms with Gasteiger partial charge < -0.3 is 14.8 Å². The third-order valence-corrected chi connectivity index (χ3v) is 5.35. The molecule has 150 valence electrons. The molecule has 0 spiro atoms. The van der Waals surface area contributed by atoms with Crippen molar-refractivity contribution in [1.29, 1.82) is 0 Å². The molecule has 28 heavy (non-hydrogen) atoms. The van der Waals surface area contributed by atoms with Crippen molar-refractivity contribution in [1.82, 2.24) is 25.2 Å². The van der Waals surface area contributed by atoms with Crippen LogP contribution in [0.1, 0.15) is 47.9 Å². The maximum atomic E-state index is 12.3. The van der Waals surface area contributed by atoms with Gasteiger partial charge in [-0.2, -0.15) is 0 Å². The van der Waals surface area contributed by atoms with Gasteiger partial charge in [0, 0.05) is 26.2 Å². The van der Waals surface area contributed by atoms with Crippen LogP contribution in [0.3, 0.4) is 0 Å². The Balaban J connectivity index is 1.26. The smallest absolute Gasteiger partial charge is 0.273 e. The molecular formula is C20H27N5O3. The Labute approximate surface area is 164 Å². The molecule has 2 heterocycles. The van der Waals surface area contributed by atoms with Crippen LogP contribution < -0.4 is 10.1 Å². The summed E-state index contributed by atoms with van der Waals surface area (Å²) in [7, 11) is 1.66. The van der Waals surface area contributed by atoms with Gasteiger partial charge in [-0.3, -0.25) is 9.69 Å². The Bertz CT molecular complexity index is 814. The van der Waals surface area contributed by atoms with Gasteiger partial charge in [0.2, 0.25) is 0 Å². The first-order valence-electron chi connectivity index (χ1n) is 9.82. The molecule has 1 aromatic heterocycles. The highest BCUT2D eigenvalue weighted by Gasteiger charge is 2.33. The van der Waals surface area contributed by atoms with Crippen molar-refractivity contribution >= 4 is 5.91 Å². The number of nitrogens with one attached hydrogen (secondary N) is 1. The molecule has 1 amide bonds. The first-order chi connectivity index (χ1) is 13.6. The minimum absolute atomic E-state index is 0.141. The van der Waals surface area contributed by atoms with Crippen molar-refractivity contribution in [2.75, 3.05) is 33.4 Å². The molecule has 1 aliphatic heterocycles. The average molecular weight is 385 g/mol. The molecule has 1 saturated heterocycles. The Morgan fingerprint density at radius 3 is 2.89 bits per heavy atom. The summed E-state index contributed by atoms with van der Waals surface area (Å²) < 4.78 is 12.5. The van der Waals surface area contributed by atoms with Crippen molar-refractivity contribution in [3.8, 4) is 5.75 Å². The Morgan fingerprint density at radius 2 is 2.14 bits per heavy atom. The predicted molar refractivity (Wildman–Crippen MR) is 103 cm³/mol. The number of rotatable bonds is 9. The van der Waals surface area contributed by atoms with Crippen LogP contribution >= 0.6 is 0 Å². The van der Waals surface area contributed by atoms with E-state index in [9.17, 15) is 4.79 Å². The largest absolute Gasteiger partial charge is 0.491 e. The lowest BCUT2D eigenvalue weighted by atomic mass is 10.00. The summed E-state index contributed by atoms with van der Waals surface area (Å²) >= 11 is 0. The van der Waals surface area contributed by atoms with Crippen LogP contribution in [0.25, 0.3) is 0 Å². The van der Waals surface area contributed by atoms with Crippen LogP contribution in [0.2, 0.25) is 0 Å². The second-order valence-electron chi connectivity index (χ2n) is 7.53. The second-order valence-corrected chi connectivity index (χ2v) is 7.53. The fourth-order valence-electron chi connectivity index (χ4n) is 3.40. The van der Waals surface area contributed by atoms with Gasteiger partial charge in [0.05, 0.1) is 24.9 Å². The van der Waals surface area contributed by atoms with E-state index in [0.717, 1.165) is 31.7 Å². The van der Waals surface area contributed by atoms with Crippen LogP contribution in [-0.4, -0.2) is 65.3 Å². The Hall–Kier alpha value is -2.45. The number of amides is 1. The molecule has 4 rings (SSSR count). The van der Waals surface area contributed by atoms with Crippen LogP contribution in [0.5, 0.6) is 5.75 Å². The van der Waals surface area contributed by atoms with Crippen molar-refractivity contribution < 1.29 is 14.3 Å². The molecule has 2 aliphatic rings. The minimum atomic E-state index is -0.141. The van der Waals surface area contributed by atoms with E-state index >= 15 is 0 Å². The molecule has 2 aromatic rings. The van der Waals surface area contributed by atoms with Crippen LogP contribution in [0.4, 0.5) is 0 Å². The molecule has 1 aromatic carbocycles. The maximum absolute atomic E-state index is 12.3. The molecule has 8 nitrogen and oxygen atoms in total. The normalized spacial score (nSPS) is 18.5. The number of carbonyl (C=O) groups is 1. The fraction of sp³-hybridized carbons (Fsp3) is 0.550. The molecule has 1 saturated carbocycles. The standard InChI is InChI=1S/C20H27N5O3/c1-14(15-4-3-5-18(10-15)28-9-8-27-2)24-11-16(12-24)21-20(26)19-13-25(23-22-19)17-6-7-17/h3-5,10,13-14,16-17H,6-9,11-12H2,1-2H3,(H,21,26). The summed E-state index contributed by atoms with van der Waals surface area (Å²) in [6.07, 6.45) is 4.00. The van der Waals surface area contributed by atoms with Crippen molar-refractivity contribution in [2.24, 2.45) is 0 Å². The van der Waals surface area contributed by atoms with Gasteiger partial charge in [-0.15, -0.1) is 5.10 Å². The molecule has 2 fully saturated rings. The van der Waals surface area contributed by atoms with E-state index in [1.165, 1.54) is 5.56 Å². The number of ether oxygens (including phenoxy) is 2. The van der Waals surface area contributed by atoms with Crippen LogP contribution in [0.15, 0.2) is 30.5 Å². The third-order valence-electron chi connectivity index (χ3n) is 5.35. The summed E-state index contributed by atoms with van der Waals surface area (Å²) in [4.78, 5) is 14.7. The first kappa shape index (κ1) is 18.9. The zero-order valence-corrected chi connectivity index (χ0v) is 16.4. The second kappa shape index (κ2) is 8.28. The van der Waals surface area contributed by atoms with Gasteiger partial charge in [-0.05, 0) is 37.5 Å². The lowest BCUT2D eigenvalue weighted by molar-refractivity contribution is 0.0671. The van der Waals surface area contributed by atoms with E-state index < -0.39 is 0 Å². The monoisotopic (exact) mass is 385 g/mol. The number of likely N-dealkylation sites (tertiary alicyclic amines) is 1. The lowest BCUT2D eigenvalue weighted by Gasteiger charge is -2.43. The van der Waals surface area contributed by atoms with Crippen molar-refractivity contribution in [3.05, 3.63) is 41.7 Å². The molecule has 0 bridgehead atoms.